The highest BCUT2D eigenvalue weighted by Crippen LogP contribution is 2.15. The maximum absolute atomic E-state index is 12.2. The third kappa shape index (κ3) is 3.64. The SMILES string of the molecule is Cc1nc(/C=C/C(=O)NNC(=O)c2cccc3cccnc23)cs1. The Balaban J connectivity index is 1.64. The molecular weight excluding hydrogens is 324 g/mol. The summed E-state index contributed by atoms with van der Waals surface area (Å²) in [6.45, 7) is 1.89. The molecule has 24 heavy (non-hydrogen) atoms. The van der Waals surface area contributed by atoms with E-state index in [4.69, 9.17) is 0 Å². The Kier molecular flexibility index (Phi) is 4.62. The third-order valence-corrected chi connectivity index (χ3v) is 4.01. The first-order chi connectivity index (χ1) is 11.6. The maximum atomic E-state index is 12.2. The molecule has 3 aromatic rings. The molecule has 0 atom stereocenters. The van der Waals surface area contributed by atoms with Crippen molar-refractivity contribution in [3.8, 4) is 0 Å². The summed E-state index contributed by atoms with van der Waals surface area (Å²) in [5.41, 5.74) is 6.42. The minimum atomic E-state index is -0.442. The van der Waals surface area contributed by atoms with Crippen molar-refractivity contribution in [1.82, 2.24) is 20.8 Å². The second-order valence-electron chi connectivity index (χ2n) is 4.95. The largest absolute Gasteiger partial charge is 0.271 e. The molecule has 0 aliphatic rings. The van der Waals surface area contributed by atoms with E-state index < -0.39 is 11.8 Å². The van der Waals surface area contributed by atoms with Crippen LogP contribution in [0.3, 0.4) is 0 Å². The van der Waals surface area contributed by atoms with Crippen molar-refractivity contribution in [2.45, 2.75) is 6.92 Å². The summed E-state index contributed by atoms with van der Waals surface area (Å²) in [4.78, 5) is 32.4. The van der Waals surface area contributed by atoms with Crippen molar-refractivity contribution < 1.29 is 9.59 Å². The van der Waals surface area contributed by atoms with Crippen LogP contribution in [0, 0.1) is 6.92 Å². The molecule has 3 rings (SSSR count). The Morgan fingerprint density at radius 3 is 2.79 bits per heavy atom. The van der Waals surface area contributed by atoms with Crippen molar-refractivity contribution in [2.75, 3.05) is 0 Å². The van der Waals surface area contributed by atoms with E-state index >= 15 is 0 Å². The number of carbonyl (C=O) groups excluding carboxylic acids is 2. The van der Waals surface area contributed by atoms with E-state index in [1.807, 2.05) is 24.4 Å². The minimum Gasteiger partial charge on any atom is -0.268 e. The van der Waals surface area contributed by atoms with Gasteiger partial charge < -0.3 is 0 Å². The van der Waals surface area contributed by atoms with Gasteiger partial charge in [0.15, 0.2) is 0 Å². The summed E-state index contributed by atoms with van der Waals surface area (Å²) in [7, 11) is 0. The second kappa shape index (κ2) is 7.01. The molecule has 0 saturated heterocycles. The number of hydrogen-bond acceptors (Lipinski definition) is 5. The number of fused-ring (bicyclic) bond motifs is 1. The topological polar surface area (TPSA) is 84.0 Å². The van der Waals surface area contributed by atoms with Crippen LogP contribution < -0.4 is 10.9 Å². The number of para-hydroxylation sites is 1. The van der Waals surface area contributed by atoms with E-state index in [0.29, 0.717) is 16.8 Å². The molecule has 0 bridgehead atoms. The predicted molar refractivity (Wildman–Crippen MR) is 93.2 cm³/mol. The lowest BCUT2D eigenvalue weighted by atomic mass is 10.1. The fourth-order valence-electron chi connectivity index (χ4n) is 2.13. The Morgan fingerprint density at radius 1 is 1.17 bits per heavy atom. The second-order valence-corrected chi connectivity index (χ2v) is 6.01. The lowest BCUT2D eigenvalue weighted by Crippen LogP contribution is -2.40. The van der Waals surface area contributed by atoms with Crippen LogP contribution in [0.2, 0.25) is 0 Å². The van der Waals surface area contributed by atoms with Gasteiger partial charge in [-0.25, -0.2) is 4.98 Å². The number of carbonyl (C=O) groups is 2. The molecule has 2 N–H and O–H groups in total. The number of aryl methyl sites for hydroxylation is 1. The lowest BCUT2D eigenvalue weighted by molar-refractivity contribution is -0.117. The number of rotatable bonds is 3. The normalized spacial score (nSPS) is 10.9. The van der Waals surface area contributed by atoms with Gasteiger partial charge in [-0.15, -0.1) is 11.3 Å². The number of nitrogens with zero attached hydrogens (tertiary/aromatic N) is 2. The zero-order chi connectivity index (χ0) is 16.9. The highest BCUT2D eigenvalue weighted by molar-refractivity contribution is 7.09. The molecule has 0 radical (unpaired) electrons. The molecule has 1 aromatic carbocycles. The fraction of sp³-hybridized carbons (Fsp3) is 0.0588. The van der Waals surface area contributed by atoms with Crippen LogP contribution in [0.4, 0.5) is 0 Å². The van der Waals surface area contributed by atoms with Gasteiger partial charge in [0.05, 0.1) is 21.8 Å². The molecular formula is C17H14N4O2S. The van der Waals surface area contributed by atoms with Gasteiger partial charge in [-0.05, 0) is 25.1 Å². The summed E-state index contributed by atoms with van der Waals surface area (Å²) in [6.07, 6.45) is 4.52. The molecule has 0 saturated carbocycles. The van der Waals surface area contributed by atoms with Crippen LogP contribution in [0.1, 0.15) is 21.1 Å². The average Bonchev–Trinajstić information content (AvgIpc) is 3.02. The highest BCUT2D eigenvalue weighted by Gasteiger charge is 2.10. The number of pyridine rings is 1. The van der Waals surface area contributed by atoms with Gasteiger partial charge in [-0.3, -0.25) is 25.4 Å². The predicted octanol–water partition coefficient (Wildman–Crippen LogP) is 2.47. The smallest absolute Gasteiger partial charge is 0.268 e. The van der Waals surface area contributed by atoms with Crippen LogP contribution in [0.5, 0.6) is 0 Å². The van der Waals surface area contributed by atoms with Crippen molar-refractivity contribution in [3.63, 3.8) is 0 Å². The van der Waals surface area contributed by atoms with E-state index in [0.717, 1.165) is 10.4 Å². The van der Waals surface area contributed by atoms with E-state index in [1.54, 1.807) is 30.5 Å². The number of hydrazine groups is 1. The molecule has 2 heterocycles. The molecule has 0 aliphatic heterocycles. The highest BCUT2D eigenvalue weighted by atomic mass is 32.1. The first-order valence-corrected chi connectivity index (χ1v) is 8.06. The van der Waals surface area contributed by atoms with Crippen LogP contribution in [-0.4, -0.2) is 21.8 Å². The molecule has 0 unspecified atom stereocenters. The number of aromatic nitrogens is 2. The Hall–Kier alpha value is -3.06. The number of amides is 2. The van der Waals surface area contributed by atoms with Crippen LogP contribution in [-0.2, 0) is 4.79 Å². The van der Waals surface area contributed by atoms with E-state index in [2.05, 4.69) is 20.8 Å². The van der Waals surface area contributed by atoms with Crippen LogP contribution in [0.25, 0.3) is 17.0 Å². The molecule has 2 amide bonds. The fourth-order valence-corrected chi connectivity index (χ4v) is 2.71. The number of benzene rings is 1. The molecule has 2 aromatic heterocycles. The van der Waals surface area contributed by atoms with Gasteiger partial charge in [-0.1, -0.05) is 18.2 Å². The summed E-state index contributed by atoms with van der Waals surface area (Å²) in [5, 5.41) is 3.63. The molecule has 0 aliphatic carbocycles. The van der Waals surface area contributed by atoms with E-state index in [1.165, 1.54) is 17.4 Å². The molecule has 0 spiro atoms. The van der Waals surface area contributed by atoms with Crippen LogP contribution in [0.15, 0.2) is 48.0 Å². The first-order valence-electron chi connectivity index (χ1n) is 7.18. The van der Waals surface area contributed by atoms with Gasteiger partial charge in [-0.2, -0.15) is 0 Å². The molecule has 0 fully saturated rings. The summed E-state index contributed by atoms with van der Waals surface area (Å²) >= 11 is 1.50. The van der Waals surface area contributed by atoms with Gasteiger partial charge in [0, 0.05) is 23.0 Å². The van der Waals surface area contributed by atoms with Crippen molar-refractivity contribution in [2.24, 2.45) is 0 Å². The van der Waals surface area contributed by atoms with E-state index in [-0.39, 0.29) is 0 Å². The zero-order valence-electron chi connectivity index (χ0n) is 12.8. The van der Waals surface area contributed by atoms with Crippen molar-refractivity contribution >= 4 is 40.1 Å². The summed E-state index contributed by atoms with van der Waals surface area (Å²) < 4.78 is 0. The molecule has 7 heteroatoms. The van der Waals surface area contributed by atoms with Gasteiger partial charge in [0.25, 0.3) is 11.8 Å². The standard InChI is InChI=1S/C17H14N4O2S/c1-11-19-13(10-24-11)7-8-15(22)20-21-17(23)14-6-2-4-12-5-3-9-18-16(12)14/h2-10H,1H3,(H,20,22)(H,21,23)/b8-7+. The van der Waals surface area contributed by atoms with Gasteiger partial charge >= 0.3 is 0 Å². The summed E-state index contributed by atoms with van der Waals surface area (Å²) in [6, 6.07) is 8.97. The van der Waals surface area contributed by atoms with Crippen molar-refractivity contribution in [1.29, 1.82) is 0 Å². The monoisotopic (exact) mass is 338 g/mol. The number of thiazole rings is 1. The maximum Gasteiger partial charge on any atom is 0.271 e. The van der Waals surface area contributed by atoms with E-state index in [9.17, 15) is 9.59 Å². The number of nitrogens with one attached hydrogen (secondary N) is 2. The van der Waals surface area contributed by atoms with Gasteiger partial charge in [0.2, 0.25) is 0 Å². The quantitative estimate of drug-likeness (QED) is 0.568. The van der Waals surface area contributed by atoms with Crippen LogP contribution >= 0.6 is 11.3 Å². The molecule has 120 valence electrons. The Bertz CT molecular complexity index is 928. The number of hydrogen-bond donors (Lipinski definition) is 2. The Morgan fingerprint density at radius 2 is 2.00 bits per heavy atom. The minimum absolute atomic E-state index is 0.396. The lowest BCUT2D eigenvalue weighted by Gasteiger charge is -2.07. The summed E-state index contributed by atoms with van der Waals surface area (Å²) in [5.74, 6) is -0.868. The Labute approximate surface area is 142 Å². The average molecular weight is 338 g/mol. The van der Waals surface area contributed by atoms with Gasteiger partial charge in [0.1, 0.15) is 0 Å². The third-order valence-electron chi connectivity index (χ3n) is 3.22. The zero-order valence-corrected chi connectivity index (χ0v) is 13.6. The van der Waals surface area contributed by atoms with Crippen molar-refractivity contribution in [3.05, 3.63) is 64.2 Å². The first kappa shape index (κ1) is 15.8. The molecule has 6 nitrogen and oxygen atoms in total.